The molecule has 0 bridgehead atoms. The summed E-state index contributed by atoms with van der Waals surface area (Å²) in [4.78, 5) is 4.02. The lowest BCUT2D eigenvalue weighted by molar-refractivity contribution is -0.0505. The van der Waals surface area contributed by atoms with Crippen molar-refractivity contribution < 1.29 is 27.4 Å². The number of alkyl halides is 2. The molecule has 160 valence electrons. The van der Waals surface area contributed by atoms with Crippen LogP contribution in [0.25, 0.3) is 0 Å². The maximum Gasteiger partial charge on any atom is 0.387 e. The molecule has 0 aliphatic carbocycles. The molecule has 0 spiro atoms. The van der Waals surface area contributed by atoms with Crippen LogP contribution in [0.15, 0.2) is 35.3 Å². The van der Waals surface area contributed by atoms with Gasteiger partial charge in [-0.25, -0.2) is 4.39 Å². The lowest BCUT2D eigenvalue weighted by Crippen LogP contribution is -2.36. The molecule has 2 aromatic rings. The van der Waals surface area contributed by atoms with Crippen LogP contribution in [0.5, 0.6) is 17.2 Å². The van der Waals surface area contributed by atoms with Crippen molar-refractivity contribution in [1.29, 1.82) is 5.26 Å². The van der Waals surface area contributed by atoms with Gasteiger partial charge in [-0.15, -0.1) is 24.0 Å². The number of fused-ring (bicyclic) bond motifs is 1. The van der Waals surface area contributed by atoms with Crippen molar-refractivity contribution in [3.63, 3.8) is 0 Å². The van der Waals surface area contributed by atoms with E-state index in [0.29, 0.717) is 28.6 Å². The minimum Gasteiger partial charge on any atom is -0.454 e. The van der Waals surface area contributed by atoms with E-state index >= 15 is 0 Å². The van der Waals surface area contributed by atoms with E-state index in [9.17, 15) is 13.2 Å². The predicted molar refractivity (Wildman–Crippen MR) is 113 cm³/mol. The Morgan fingerprint density at radius 3 is 2.47 bits per heavy atom. The molecular weight excluding hydrogens is 516 g/mol. The number of nitrogens with one attached hydrogen (secondary N) is 2. The molecule has 2 aromatic carbocycles. The molecule has 1 aliphatic heterocycles. The van der Waals surface area contributed by atoms with Gasteiger partial charge in [-0.05, 0) is 24.3 Å². The van der Waals surface area contributed by atoms with Crippen molar-refractivity contribution >= 4 is 29.9 Å². The van der Waals surface area contributed by atoms with Gasteiger partial charge in [-0.1, -0.05) is 0 Å². The van der Waals surface area contributed by atoms with E-state index in [-0.39, 0.29) is 55.2 Å². The smallest absolute Gasteiger partial charge is 0.387 e. The molecule has 30 heavy (non-hydrogen) atoms. The molecule has 0 saturated heterocycles. The Bertz CT molecular complexity index is 967. The third-order valence-electron chi connectivity index (χ3n) is 4.06. The van der Waals surface area contributed by atoms with Crippen LogP contribution in [0, 0.1) is 17.1 Å². The van der Waals surface area contributed by atoms with Gasteiger partial charge in [0.15, 0.2) is 17.5 Å². The Kier molecular flexibility index (Phi) is 8.40. The fraction of sp³-hybridized carbons (Fsp3) is 0.263. The molecule has 3 rings (SSSR count). The van der Waals surface area contributed by atoms with Gasteiger partial charge in [0.1, 0.15) is 11.6 Å². The Morgan fingerprint density at radius 2 is 1.83 bits per heavy atom. The number of hydrogen-bond acceptors (Lipinski definition) is 5. The van der Waals surface area contributed by atoms with Crippen LogP contribution in [-0.4, -0.2) is 26.4 Å². The number of guanidine groups is 1. The van der Waals surface area contributed by atoms with Gasteiger partial charge < -0.3 is 24.8 Å². The summed E-state index contributed by atoms with van der Waals surface area (Å²) in [5.74, 6) is 0.518. The highest BCUT2D eigenvalue weighted by molar-refractivity contribution is 14.0. The number of rotatable bonds is 6. The summed E-state index contributed by atoms with van der Waals surface area (Å²) >= 11 is 0. The van der Waals surface area contributed by atoms with E-state index in [4.69, 9.17) is 14.7 Å². The van der Waals surface area contributed by atoms with Crippen molar-refractivity contribution in [1.82, 2.24) is 10.6 Å². The SMILES string of the molecule is CN=C(NCc1cc(C#N)ccc1F)NCc1cc2c(cc1OC(F)F)OCO2.I. The molecule has 0 amide bonds. The molecule has 7 nitrogen and oxygen atoms in total. The van der Waals surface area contributed by atoms with E-state index < -0.39 is 12.4 Å². The van der Waals surface area contributed by atoms with Gasteiger partial charge in [0.25, 0.3) is 0 Å². The van der Waals surface area contributed by atoms with Crippen molar-refractivity contribution in [2.24, 2.45) is 4.99 Å². The first-order valence-electron chi connectivity index (χ1n) is 8.50. The number of nitrogens with zero attached hydrogens (tertiary/aromatic N) is 2. The highest BCUT2D eigenvalue weighted by atomic mass is 127. The van der Waals surface area contributed by atoms with Gasteiger partial charge in [0.2, 0.25) is 6.79 Å². The summed E-state index contributed by atoms with van der Waals surface area (Å²) in [6.45, 7) is -2.85. The van der Waals surface area contributed by atoms with Crippen LogP contribution in [0.2, 0.25) is 0 Å². The maximum atomic E-state index is 13.9. The molecule has 1 aliphatic rings. The van der Waals surface area contributed by atoms with Gasteiger partial charge in [-0.2, -0.15) is 14.0 Å². The van der Waals surface area contributed by atoms with Crippen LogP contribution >= 0.6 is 24.0 Å². The Hall–Kier alpha value is -2.88. The quantitative estimate of drug-likeness (QED) is 0.335. The molecule has 0 unspecified atom stereocenters. The molecule has 1 heterocycles. The summed E-state index contributed by atoms with van der Waals surface area (Å²) in [5, 5.41) is 14.8. The summed E-state index contributed by atoms with van der Waals surface area (Å²) in [6, 6.07) is 8.86. The standard InChI is InChI=1S/C19H17F3N4O3.HI/c1-24-19(25-8-12-4-11(7-23)2-3-14(12)20)26-9-13-5-16-17(28-10-27-16)6-15(13)29-18(21)22;/h2-6,18H,8-10H2,1H3,(H2,24,25,26);1H. The number of ether oxygens (including phenoxy) is 3. The van der Waals surface area contributed by atoms with Crippen molar-refractivity contribution in [2.75, 3.05) is 13.8 Å². The van der Waals surface area contributed by atoms with Crippen molar-refractivity contribution in [3.05, 3.63) is 52.8 Å². The van der Waals surface area contributed by atoms with E-state index in [1.807, 2.05) is 6.07 Å². The number of aliphatic imine (C=N–C) groups is 1. The summed E-state index contributed by atoms with van der Waals surface area (Å²) in [5.41, 5.74) is 1.02. The maximum absolute atomic E-state index is 13.9. The molecule has 0 atom stereocenters. The van der Waals surface area contributed by atoms with E-state index in [1.165, 1.54) is 37.4 Å². The second-order valence-electron chi connectivity index (χ2n) is 5.89. The molecule has 0 saturated carbocycles. The molecule has 0 fully saturated rings. The van der Waals surface area contributed by atoms with Crippen LogP contribution < -0.4 is 24.8 Å². The topological polar surface area (TPSA) is 87.9 Å². The van der Waals surface area contributed by atoms with E-state index in [2.05, 4.69) is 20.4 Å². The minimum absolute atomic E-state index is 0. The highest BCUT2D eigenvalue weighted by Gasteiger charge is 2.20. The monoisotopic (exact) mass is 534 g/mol. The van der Waals surface area contributed by atoms with Crippen LogP contribution in [0.1, 0.15) is 16.7 Å². The first kappa shape index (κ1) is 23.4. The fourth-order valence-electron chi connectivity index (χ4n) is 2.67. The summed E-state index contributed by atoms with van der Waals surface area (Å²) < 4.78 is 54.3. The number of benzene rings is 2. The lowest BCUT2D eigenvalue weighted by Gasteiger charge is -2.15. The van der Waals surface area contributed by atoms with Gasteiger partial charge >= 0.3 is 6.61 Å². The number of nitriles is 1. The molecule has 0 aromatic heterocycles. The average molecular weight is 534 g/mol. The van der Waals surface area contributed by atoms with Crippen LogP contribution in [0.4, 0.5) is 13.2 Å². The minimum atomic E-state index is -3.00. The zero-order chi connectivity index (χ0) is 20.8. The van der Waals surface area contributed by atoms with Gasteiger partial charge in [0, 0.05) is 37.3 Å². The van der Waals surface area contributed by atoms with Crippen molar-refractivity contribution in [3.8, 4) is 23.3 Å². The van der Waals surface area contributed by atoms with Crippen LogP contribution in [0.3, 0.4) is 0 Å². The first-order valence-corrected chi connectivity index (χ1v) is 8.50. The van der Waals surface area contributed by atoms with Gasteiger partial charge in [0.05, 0.1) is 11.6 Å². The number of halogens is 4. The molecule has 0 radical (unpaired) electrons. The lowest BCUT2D eigenvalue weighted by atomic mass is 10.1. The Balaban J connectivity index is 0.00000320. The van der Waals surface area contributed by atoms with E-state index in [1.54, 1.807) is 0 Å². The molecular formula is C19H18F3IN4O3. The predicted octanol–water partition coefficient (Wildman–Crippen LogP) is 3.51. The fourth-order valence-corrected chi connectivity index (χ4v) is 2.67. The third-order valence-corrected chi connectivity index (χ3v) is 4.06. The largest absolute Gasteiger partial charge is 0.454 e. The second kappa shape index (κ2) is 10.8. The zero-order valence-corrected chi connectivity index (χ0v) is 18.1. The van der Waals surface area contributed by atoms with Crippen molar-refractivity contribution in [2.45, 2.75) is 19.7 Å². The second-order valence-corrected chi connectivity index (χ2v) is 5.89. The van der Waals surface area contributed by atoms with Crippen LogP contribution in [-0.2, 0) is 13.1 Å². The normalized spacial score (nSPS) is 12.2. The van der Waals surface area contributed by atoms with E-state index in [0.717, 1.165) is 0 Å². The molecule has 11 heteroatoms. The summed E-state index contributed by atoms with van der Waals surface area (Å²) in [7, 11) is 1.51. The van der Waals surface area contributed by atoms with Gasteiger partial charge in [-0.3, -0.25) is 4.99 Å². The number of hydrogen-bond donors (Lipinski definition) is 2. The Morgan fingerprint density at radius 1 is 1.17 bits per heavy atom. The Labute approximate surface area is 187 Å². The zero-order valence-electron chi connectivity index (χ0n) is 15.7. The molecule has 2 N–H and O–H groups in total. The first-order chi connectivity index (χ1) is 14.0. The average Bonchev–Trinajstić information content (AvgIpc) is 3.16. The third kappa shape index (κ3) is 5.82. The highest BCUT2D eigenvalue weighted by Crippen LogP contribution is 2.38. The summed E-state index contributed by atoms with van der Waals surface area (Å²) in [6.07, 6.45) is 0.